The molecule has 0 spiro atoms. The Morgan fingerprint density at radius 3 is 2.47 bits per heavy atom. The third kappa shape index (κ3) is 2.99. The number of rotatable bonds is 3. The Bertz CT molecular complexity index is 415. The van der Waals surface area contributed by atoms with Gasteiger partial charge < -0.3 is 5.32 Å². The summed E-state index contributed by atoms with van der Waals surface area (Å²) in [7, 11) is 0. The van der Waals surface area contributed by atoms with Gasteiger partial charge in [0.15, 0.2) is 0 Å². The Morgan fingerprint density at radius 1 is 1.13 bits per heavy atom. The van der Waals surface area contributed by atoms with Gasteiger partial charge in [0.2, 0.25) is 5.95 Å². The maximum Gasteiger partial charge on any atom is 0.222 e. The Balaban J connectivity index is 1.96. The highest BCUT2D eigenvalue weighted by Gasteiger charge is 1.95. The van der Waals surface area contributed by atoms with Crippen molar-refractivity contribution < 1.29 is 0 Å². The van der Waals surface area contributed by atoms with Crippen LogP contribution in [0.15, 0.2) is 41.4 Å². The van der Waals surface area contributed by atoms with E-state index in [1.165, 1.54) is 0 Å². The Kier molecular flexibility index (Phi) is 3.24. The topological polar surface area (TPSA) is 50.7 Å². The van der Waals surface area contributed by atoms with E-state index in [9.17, 15) is 0 Å². The Hall–Kier alpha value is -1.49. The fourth-order valence-corrected chi connectivity index (χ4v) is 1.29. The van der Waals surface area contributed by atoms with Crippen molar-refractivity contribution in [2.24, 2.45) is 0 Å². The van der Waals surface area contributed by atoms with Crippen LogP contribution in [0.2, 0.25) is 0 Å². The lowest BCUT2D eigenvalue weighted by atomic mass is 10.3. The molecule has 0 radical (unpaired) electrons. The summed E-state index contributed by atoms with van der Waals surface area (Å²) in [4.78, 5) is 12.2. The molecule has 0 atom stereocenters. The number of anilines is 1. The van der Waals surface area contributed by atoms with Gasteiger partial charge in [0.1, 0.15) is 0 Å². The normalized spacial score (nSPS) is 9.93. The molecule has 0 aromatic carbocycles. The lowest BCUT2D eigenvalue weighted by Gasteiger charge is -2.03. The van der Waals surface area contributed by atoms with Crippen LogP contribution in [0.4, 0.5) is 5.95 Å². The second-order valence-electron chi connectivity index (χ2n) is 2.93. The zero-order valence-corrected chi connectivity index (χ0v) is 9.48. The van der Waals surface area contributed by atoms with Crippen LogP contribution in [-0.2, 0) is 6.54 Å². The van der Waals surface area contributed by atoms with E-state index in [0.717, 1.165) is 10.0 Å². The number of halogens is 1. The van der Waals surface area contributed by atoms with Crippen LogP contribution in [0.3, 0.4) is 0 Å². The second-order valence-corrected chi connectivity index (χ2v) is 3.85. The smallest absolute Gasteiger partial charge is 0.222 e. The molecular weight excluding hydrogens is 256 g/mol. The summed E-state index contributed by atoms with van der Waals surface area (Å²) in [6, 6.07) is 3.90. The maximum atomic E-state index is 4.11. The fourth-order valence-electron chi connectivity index (χ4n) is 1.09. The van der Waals surface area contributed by atoms with E-state index in [0.29, 0.717) is 12.5 Å². The molecule has 2 aromatic rings. The van der Waals surface area contributed by atoms with Crippen molar-refractivity contribution in [2.45, 2.75) is 6.54 Å². The van der Waals surface area contributed by atoms with Crippen LogP contribution in [0.5, 0.6) is 0 Å². The van der Waals surface area contributed by atoms with E-state index in [-0.39, 0.29) is 0 Å². The zero-order valence-electron chi connectivity index (χ0n) is 7.89. The first-order valence-corrected chi connectivity index (χ1v) is 5.24. The molecule has 0 aliphatic carbocycles. The molecule has 5 heteroatoms. The predicted molar refractivity (Wildman–Crippen MR) is 61.3 cm³/mol. The number of aromatic nitrogens is 3. The number of hydrogen-bond donors (Lipinski definition) is 1. The van der Waals surface area contributed by atoms with E-state index in [4.69, 9.17) is 0 Å². The third-order valence-corrected chi connectivity index (χ3v) is 2.23. The number of pyridine rings is 1. The van der Waals surface area contributed by atoms with Crippen molar-refractivity contribution in [1.29, 1.82) is 0 Å². The number of hydrogen-bond acceptors (Lipinski definition) is 4. The van der Waals surface area contributed by atoms with Crippen molar-refractivity contribution in [1.82, 2.24) is 15.0 Å². The average molecular weight is 265 g/mol. The van der Waals surface area contributed by atoms with Crippen molar-refractivity contribution in [3.05, 3.63) is 47.0 Å². The molecule has 0 bridgehead atoms. The van der Waals surface area contributed by atoms with Crippen molar-refractivity contribution in [3.8, 4) is 0 Å². The minimum Gasteiger partial charge on any atom is -0.350 e. The van der Waals surface area contributed by atoms with E-state index < -0.39 is 0 Å². The van der Waals surface area contributed by atoms with Crippen LogP contribution >= 0.6 is 15.9 Å². The molecule has 15 heavy (non-hydrogen) atoms. The summed E-state index contributed by atoms with van der Waals surface area (Å²) < 4.78 is 0.872. The van der Waals surface area contributed by atoms with Gasteiger partial charge in [-0.15, -0.1) is 0 Å². The molecular formula is C10H9BrN4. The highest BCUT2D eigenvalue weighted by Crippen LogP contribution is 2.07. The summed E-state index contributed by atoms with van der Waals surface area (Å²) in [5.74, 6) is 0.620. The molecule has 76 valence electrons. The second kappa shape index (κ2) is 4.84. The minimum absolute atomic E-state index is 0.620. The number of nitrogens with zero attached hydrogens (tertiary/aromatic N) is 3. The van der Waals surface area contributed by atoms with Gasteiger partial charge in [-0.3, -0.25) is 4.98 Å². The largest absolute Gasteiger partial charge is 0.350 e. The van der Waals surface area contributed by atoms with Crippen LogP contribution in [0, 0.1) is 0 Å². The predicted octanol–water partition coefficient (Wildman–Crippen LogP) is 2.25. The highest BCUT2D eigenvalue weighted by molar-refractivity contribution is 9.10. The quantitative estimate of drug-likeness (QED) is 0.924. The first-order valence-electron chi connectivity index (χ1n) is 4.45. The van der Waals surface area contributed by atoms with Crippen molar-refractivity contribution >= 4 is 21.9 Å². The van der Waals surface area contributed by atoms with Crippen LogP contribution < -0.4 is 5.32 Å². The van der Waals surface area contributed by atoms with Crippen molar-refractivity contribution in [3.63, 3.8) is 0 Å². The summed E-state index contributed by atoms with van der Waals surface area (Å²) in [5.41, 5.74) is 1.15. The summed E-state index contributed by atoms with van der Waals surface area (Å²) in [6.45, 7) is 0.699. The molecule has 1 N–H and O–H groups in total. The molecule has 2 aromatic heterocycles. The summed E-state index contributed by atoms with van der Waals surface area (Å²) in [5, 5.41) is 3.12. The SMILES string of the molecule is Brc1cnc(NCc2ccncc2)nc1. The molecule has 0 aliphatic heterocycles. The Labute approximate surface area is 95.9 Å². The lowest BCUT2D eigenvalue weighted by Crippen LogP contribution is -2.02. The van der Waals surface area contributed by atoms with E-state index in [1.807, 2.05) is 12.1 Å². The van der Waals surface area contributed by atoms with Crippen molar-refractivity contribution in [2.75, 3.05) is 5.32 Å². The standard InChI is InChI=1S/C10H9BrN4/c11-9-6-14-10(15-7-9)13-5-8-1-3-12-4-2-8/h1-4,6-7H,5H2,(H,13,14,15). The van der Waals surface area contributed by atoms with Gasteiger partial charge in [-0.05, 0) is 33.6 Å². The fraction of sp³-hybridized carbons (Fsp3) is 0.100. The Morgan fingerprint density at radius 2 is 1.80 bits per heavy atom. The molecule has 0 saturated heterocycles. The van der Waals surface area contributed by atoms with Crippen LogP contribution in [0.1, 0.15) is 5.56 Å². The lowest BCUT2D eigenvalue weighted by molar-refractivity contribution is 1.04. The first kappa shape index (κ1) is 10.0. The maximum absolute atomic E-state index is 4.11. The van der Waals surface area contributed by atoms with E-state index >= 15 is 0 Å². The molecule has 2 heterocycles. The van der Waals surface area contributed by atoms with Gasteiger partial charge in [0.25, 0.3) is 0 Å². The molecule has 0 saturated carbocycles. The molecule has 0 amide bonds. The van der Waals surface area contributed by atoms with Gasteiger partial charge in [-0.25, -0.2) is 9.97 Å². The first-order chi connectivity index (χ1) is 7.34. The van der Waals surface area contributed by atoms with Gasteiger partial charge in [-0.2, -0.15) is 0 Å². The van der Waals surface area contributed by atoms with E-state index in [2.05, 4.69) is 36.2 Å². The summed E-state index contributed by atoms with van der Waals surface area (Å²) >= 11 is 3.28. The van der Waals surface area contributed by atoms with E-state index in [1.54, 1.807) is 24.8 Å². The van der Waals surface area contributed by atoms with Gasteiger partial charge in [0, 0.05) is 31.3 Å². The third-order valence-electron chi connectivity index (χ3n) is 1.82. The molecule has 0 fully saturated rings. The van der Waals surface area contributed by atoms with Gasteiger partial charge >= 0.3 is 0 Å². The monoisotopic (exact) mass is 264 g/mol. The molecule has 0 aliphatic rings. The summed E-state index contributed by atoms with van der Waals surface area (Å²) in [6.07, 6.45) is 6.95. The minimum atomic E-state index is 0.620. The molecule has 2 rings (SSSR count). The number of nitrogens with one attached hydrogen (secondary N) is 1. The average Bonchev–Trinajstić information content (AvgIpc) is 2.30. The zero-order chi connectivity index (χ0) is 10.5. The van der Waals surface area contributed by atoms with Gasteiger partial charge in [-0.1, -0.05) is 0 Å². The molecule has 0 unspecified atom stereocenters. The molecule has 4 nitrogen and oxygen atoms in total. The highest BCUT2D eigenvalue weighted by atomic mass is 79.9. The van der Waals surface area contributed by atoms with Crippen LogP contribution in [-0.4, -0.2) is 15.0 Å². The van der Waals surface area contributed by atoms with Gasteiger partial charge in [0.05, 0.1) is 4.47 Å². The van der Waals surface area contributed by atoms with Crippen LogP contribution in [0.25, 0.3) is 0 Å².